The Morgan fingerprint density at radius 2 is 1.76 bits per heavy atom. The molecule has 1 amide bonds. The Kier molecular flexibility index (Phi) is 6.39. The van der Waals surface area contributed by atoms with Gasteiger partial charge in [0.15, 0.2) is 12.3 Å². The van der Waals surface area contributed by atoms with Gasteiger partial charge in [0.25, 0.3) is 11.5 Å². The van der Waals surface area contributed by atoms with Crippen molar-refractivity contribution in [3.63, 3.8) is 0 Å². The van der Waals surface area contributed by atoms with E-state index in [0.29, 0.717) is 16.5 Å². The van der Waals surface area contributed by atoms with Crippen molar-refractivity contribution < 1.29 is 14.3 Å². The number of hydrogen-bond donors (Lipinski definition) is 1. The summed E-state index contributed by atoms with van der Waals surface area (Å²) in [5.74, 6) is -1.21. The number of esters is 1. The van der Waals surface area contributed by atoms with Gasteiger partial charge < -0.3 is 10.1 Å². The molecule has 7 heteroatoms. The third-order valence-corrected chi connectivity index (χ3v) is 4.54. The van der Waals surface area contributed by atoms with Crippen molar-refractivity contribution in [3.8, 4) is 0 Å². The summed E-state index contributed by atoms with van der Waals surface area (Å²) in [6.45, 7) is 1.69. The predicted molar refractivity (Wildman–Crippen MR) is 111 cm³/mol. The predicted octanol–water partition coefficient (Wildman–Crippen LogP) is 3.07. The lowest BCUT2D eigenvalue weighted by atomic mass is 10.1. The van der Waals surface area contributed by atoms with Crippen LogP contribution in [0.3, 0.4) is 0 Å². The second-order valence-electron chi connectivity index (χ2n) is 6.75. The SMILES string of the molecule is CCCCc1ccc(NC(=O)COC(=O)c2nn(C)c(=O)c3ccccc23)cc1. The summed E-state index contributed by atoms with van der Waals surface area (Å²) in [6, 6.07) is 14.2. The van der Waals surface area contributed by atoms with E-state index >= 15 is 0 Å². The minimum absolute atomic E-state index is 0.00391. The van der Waals surface area contributed by atoms with Crippen molar-refractivity contribution in [1.29, 1.82) is 0 Å². The number of fused-ring (bicyclic) bond motifs is 1. The molecule has 0 bridgehead atoms. The molecule has 0 aliphatic heterocycles. The Labute approximate surface area is 168 Å². The number of carbonyl (C=O) groups excluding carboxylic acids is 2. The molecule has 0 aliphatic rings. The summed E-state index contributed by atoms with van der Waals surface area (Å²) < 4.78 is 6.20. The van der Waals surface area contributed by atoms with Gasteiger partial charge in [0.05, 0.1) is 5.39 Å². The van der Waals surface area contributed by atoms with Crippen LogP contribution in [0.4, 0.5) is 5.69 Å². The van der Waals surface area contributed by atoms with Crippen LogP contribution < -0.4 is 10.9 Å². The number of benzene rings is 2. The van der Waals surface area contributed by atoms with Crippen molar-refractivity contribution in [2.75, 3.05) is 11.9 Å². The van der Waals surface area contributed by atoms with Crippen LogP contribution >= 0.6 is 0 Å². The molecule has 150 valence electrons. The lowest BCUT2D eigenvalue weighted by Crippen LogP contribution is -2.26. The minimum atomic E-state index is -0.762. The van der Waals surface area contributed by atoms with Crippen LogP contribution in [0, 0.1) is 0 Å². The van der Waals surface area contributed by atoms with E-state index < -0.39 is 18.5 Å². The number of unbranched alkanes of at least 4 members (excludes halogenated alkanes) is 1. The molecule has 1 N–H and O–H groups in total. The topological polar surface area (TPSA) is 90.3 Å². The normalized spacial score (nSPS) is 10.7. The van der Waals surface area contributed by atoms with E-state index in [-0.39, 0.29) is 11.3 Å². The first-order chi connectivity index (χ1) is 14.0. The van der Waals surface area contributed by atoms with Crippen LogP contribution in [0.5, 0.6) is 0 Å². The molecule has 29 heavy (non-hydrogen) atoms. The zero-order valence-corrected chi connectivity index (χ0v) is 16.5. The maximum absolute atomic E-state index is 12.4. The zero-order chi connectivity index (χ0) is 20.8. The van der Waals surface area contributed by atoms with Gasteiger partial charge in [0.1, 0.15) is 0 Å². The monoisotopic (exact) mass is 393 g/mol. The molecule has 2 aromatic carbocycles. The molecule has 1 aromatic heterocycles. The fourth-order valence-electron chi connectivity index (χ4n) is 2.98. The molecule has 0 atom stereocenters. The van der Waals surface area contributed by atoms with Gasteiger partial charge in [-0.2, -0.15) is 5.10 Å². The van der Waals surface area contributed by atoms with E-state index in [1.54, 1.807) is 24.3 Å². The summed E-state index contributed by atoms with van der Waals surface area (Å²) >= 11 is 0. The maximum atomic E-state index is 12.4. The fraction of sp³-hybridized carbons (Fsp3) is 0.273. The van der Waals surface area contributed by atoms with Crippen molar-refractivity contribution in [2.45, 2.75) is 26.2 Å². The average molecular weight is 393 g/mol. The highest BCUT2D eigenvalue weighted by Gasteiger charge is 2.18. The summed E-state index contributed by atoms with van der Waals surface area (Å²) in [7, 11) is 1.46. The van der Waals surface area contributed by atoms with Gasteiger partial charge in [0, 0.05) is 18.1 Å². The molecule has 0 fully saturated rings. The number of ether oxygens (including phenoxy) is 1. The zero-order valence-electron chi connectivity index (χ0n) is 16.5. The number of aryl methyl sites for hydroxylation is 2. The molecule has 3 aromatic rings. The first kappa shape index (κ1) is 20.3. The van der Waals surface area contributed by atoms with Crippen LogP contribution in [0.1, 0.15) is 35.8 Å². The average Bonchev–Trinajstić information content (AvgIpc) is 2.74. The highest BCUT2D eigenvalue weighted by Crippen LogP contribution is 2.14. The summed E-state index contributed by atoms with van der Waals surface area (Å²) in [5.41, 5.74) is 1.54. The standard InChI is InChI=1S/C22H23N3O4/c1-3-4-7-15-10-12-16(13-11-15)23-19(26)14-29-22(28)20-17-8-5-6-9-18(17)21(27)25(2)24-20/h5-6,8-13H,3-4,7,14H2,1-2H3,(H,23,26). The Morgan fingerprint density at radius 1 is 1.07 bits per heavy atom. The third kappa shape index (κ3) is 4.87. The Balaban J connectivity index is 1.64. The number of hydrogen-bond acceptors (Lipinski definition) is 5. The van der Waals surface area contributed by atoms with E-state index in [4.69, 9.17) is 4.74 Å². The molecule has 0 aliphatic carbocycles. The quantitative estimate of drug-likeness (QED) is 0.623. The van der Waals surface area contributed by atoms with Crippen LogP contribution in [0.15, 0.2) is 53.3 Å². The highest BCUT2D eigenvalue weighted by molar-refractivity contribution is 6.03. The number of amides is 1. The smallest absolute Gasteiger partial charge is 0.359 e. The minimum Gasteiger partial charge on any atom is -0.451 e. The number of anilines is 1. The summed E-state index contributed by atoms with van der Waals surface area (Å²) in [5, 5.41) is 7.45. The molecule has 0 unspecified atom stereocenters. The van der Waals surface area contributed by atoms with Gasteiger partial charge in [-0.3, -0.25) is 9.59 Å². The van der Waals surface area contributed by atoms with Gasteiger partial charge in [-0.1, -0.05) is 43.7 Å². The number of carbonyl (C=O) groups is 2. The Hall–Kier alpha value is -3.48. The largest absolute Gasteiger partial charge is 0.451 e. The van der Waals surface area contributed by atoms with Gasteiger partial charge in [0.2, 0.25) is 0 Å². The van der Waals surface area contributed by atoms with Crippen LogP contribution in [0.2, 0.25) is 0 Å². The van der Waals surface area contributed by atoms with Gasteiger partial charge in [-0.25, -0.2) is 9.48 Å². The van der Waals surface area contributed by atoms with Crippen LogP contribution in [-0.4, -0.2) is 28.3 Å². The molecule has 0 radical (unpaired) electrons. The number of rotatable bonds is 7. The molecular formula is C22H23N3O4. The second kappa shape index (κ2) is 9.14. The summed E-state index contributed by atoms with van der Waals surface area (Å²) in [6.07, 6.45) is 3.25. The van der Waals surface area contributed by atoms with E-state index in [2.05, 4.69) is 17.3 Å². The van der Waals surface area contributed by atoms with Gasteiger partial charge in [-0.15, -0.1) is 0 Å². The molecule has 0 spiro atoms. The molecule has 7 nitrogen and oxygen atoms in total. The fourth-order valence-corrected chi connectivity index (χ4v) is 2.98. The van der Waals surface area contributed by atoms with Crippen molar-refractivity contribution in [1.82, 2.24) is 9.78 Å². The lowest BCUT2D eigenvalue weighted by molar-refractivity contribution is -0.119. The summed E-state index contributed by atoms with van der Waals surface area (Å²) in [4.78, 5) is 36.7. The van der Waals surface area contributed by atoms with Crippen molar-refractivity contribution in [2.24, 2.45) is 7.05 Å². The van der Waals surface area contributed by atoms with E-state index in [9.17, 15) is 14.4 Å². The first-order valence-electron chi connectivity index (χ1n) is 9.51. The highest BCUT2D eigenvalue weighted by atomic mass is 16.5. The van der Waals surface area contributed by atoms with E-state index in [1.165, 1.54) is 12.6 Å². The Morgan fingerprint density at radius 3 is 2.45 bits per heavy atom. The second-order valence-corrected chi connectivity index (χ2v) is 6.75. The van der Waals surface area contributed by atoms with E-state index in [0.717, 1.165) is 23.9 Å². The van der Waals surface area contributed by atoms with Gasteiger partial charge in [-0.05, 0) is 36.6 Å². The molecule has 0 saturated heterocycles. The van der Waals surface area contributed by atoms with Crippen LogP contribution in [-0.2, 0) is 23.0 Å². The van der Waals surface area contributed by atoms with Crippen molar-refractivity contribution >= 4 is 28.3 Å². The van der Waals surface area contributed by atoms with Crippen molar-refractivity contribution in [3.05, 3.63) is 70.1 Å². The van der Waals surface area contributed by atoms with Crippen LogP contribution in [0.25, 0.3) is 10.8 Å². The third-order valence-electron chi connectivity index (χ3n) is 4.54. The molecule has 3 rings (SSSR count). The molecule has 0 saturated carbocycles. The maximum Gasteiger partial charge on any atom is 0.359 e. The molecule has 1 heterocycles. The van der Waals surface area contributed by atoms with E-state index in [1.807, 2.05) is 24.3 Å². The molecular weight excluding hydrogens is 370 g/mol. The van der Waals surface area contributed by atoms with Gasteiger partial charge >= 0.3 is 5.97 Å². The number of nitrogens with zero attached hydrogens (tertiary/aromatic N) is 2. The number of nitrogens with one attached hydrogen (secondary N) is 1. The Bertz CT molecular complexity index is 1090. The number of aromatic nitrogens is 2. The first-order valence-corrected chi connectivity index (χ1v) is 9.51. The lowest BCUT2D eigenvalue weighted by Gasteiger charge is -2.09.